The maximum atomic E-state index is 14.2. The van der Waals surface area contributed by atoms with Gasteiger partial charge in [0, 0.05) is 18.0 Å². The Kier molecular flexibility index (Phi) is 5.57. The van der Waals surface area contributed by atoms with Crippen LogP contribution in [0.1, 0.15) is 12.0 Å². The number of hydrogen-bond acceptors (Lipinski definition) is 6. The van der Waals surface area contributed by atoms with Crippen molar-refractivity contribution >= 4 is 26.7 Å². The minimum Gasteiger partial charge on any atom is -0.495 e. The van der Waals surface area contributed by atoms with Gasteiger partial charge in [-0.25, -0.2) is 12.8 Å². The molecule has 3 aromatic rings. The second-order valence-electron chi connectivity index (χ2n) is 7.24. The fraction of sp³-hybridized carbons (Fsp3) is 0.333. The lowest BCUT2D eigenvalue weighted by atomic mass is 10.1. The summed E-state index contributed by atoms with van der Waals surface area (Å²) in [6.07, 6.45) is 0.179. The molecule has 160 valence electrons. The summed E-state index contributed by atoms with van der Waals surface area (Å²) in [6.45, 7) is 2.66. The predicted molar refractivity (Wildman–Crippen MR) is 112 cm³/mol. The van der Waals surface area contributed by atoms with Gasteiger partial charge in [0.15, 0.2) is 11.3 Å². The zero-order valence-corrected chi connectivity index (χ0v) is 17.5. The number of piperidine rings is 1. The third-order valence-electron chi connectivity index (χ3n) is 5.00. The van der Waals surface area contributed by atoms with Gasteiger partial charge in [0.25, 0.3) is 10.0 Å². The molecular weight excluding hydrogens is 411 g/mol. The normalized spacial score (nSPS) is 19.6. The largest absolute Gasteiger partial charge is 0.495 e. The van der Waals surface area contributed by atoms with Gasteiger partial charge in [0.2, 0.25) is 0 Å². The van der Waals surface area contributed by atoms with E-state index < -0.39 is 22.3 Å². The van der Waals surface area contributed by atoms with Crippen LogP contribution >= 0.6 is 0 Å². The average Bonchev–Trinajstić information content (AvgIpc) is 3.18. The molecule has 2 N–H and O–H groups in total. The molecule has 0 unspecified atom stereocenters. The highest BCUT2D eigenvalue weighted by atomic mass is 32.2. The molecule has 0 amide bonds. The van der Waals surface area contributed by atoms with Crippen LogP contribution in [0.15, 0.2) is 52.0 Å². The Bertz CT molecular complexity index is 1160. The average molecular weight is 434 g/mol. The molecule has 1 saturated heterocycles. The maximum absolute atomic E-state index is 14.2. The SMILES string of the molecule is COc1ccc(C)cc1S(=O)(=O)Nc1cc(O[C@@H]2CCNC[C@H]2F)c2occc2c1. The van der Waals surface area contributed by atoms with Crippen molar-refractivity contribution in [2.24, 2.45) is 0 Å². The zero-order chi connectivity index (χ0) is 21.3. The summed E-state index contributed by atoms with van der Waals surface area (Å²) in [6, 6.07) is 9.77. The van der Waals surface area contributed by atoms with E-state index in [1.165, 1.54) is 25.5 Å². The van der Waals surface area contributed by atoms with E-state index in [1.807, 2.05) is 0 Å². The maximum Gasteiger partial charge on any atom is 0.265 e. The van der Waals surface area contributed by atoms with Gasteiger partial charge in [0.05, 0.1) is 19.1 Å². The number of furan rings is 1. The molecule has 2 heterocycles. The van der Waals surface area contributed by atoms with E-state index in [4.69, 9.17) is 13.9 Å². The van der Waals surface area contributed by atoms with Crippen molar-refractivity contribution in [3.05, 3.63) is 48.2 Å². The molecule has 0 bridgehead atoms. The van der Waals surface area contributed by atoms with Crippen LogP contribution in [0.2, 0.25) is 0 Å². The first kappa shape index (κ1) is 20.5. The van der Waals surface area contributed by atoms with E-state index >= 15 is 0 Å². The zero-order valence-electron chi connectivity index (χ0n) is 16.6. The fourth-order valence-electron chi connectivity index (χ4n) is 3.49. The van der Waals surface area contributed by atoms with Gasteiger partial charge in [-0.2, -0.15) is 0 Å². The second kappa shape index (κ2) is 8.16. The number of anilines is 1. The van der Waals surface area contributed by atoms with Crippen molar-refractivity contribution in [2.45, 2.75) is 30.5 Å². The van der Waals surface area contributed by atoms with Crippen molar-refractivity contribution in [1.82, 2.24) is 5.32 Å². The molecule has 0 spiro atoms. The van der Waals surface area contributed by atoms with E-state index in [0.717, 1.165) is 5.56 Å². The number of sulfonamides is 1. The van der Waals surface area contributed by atoms with Gasteiger partial charge in [-0.3, -0.25) is 4.72 Å². The van der Waals surface area contributed by atoms with E-state index in [-0.39, 0.29) is 22.9 Å². The topological polar surface area (TPSA) is 89.8 Å². The summed E-state index contributed by atoms with van der Waals surface area (Å²) in [5, 5.41) is 3.62. The van der Waals surface area contributed by atoms with E-state index in [2.05, 4.69) is 10.0 Å². The molecule has 0 saturated carbocycles. The lowest BCUT2D eigenvalue weighted by molar-refractivity contribution is 0.0736. The smallest absolute Gasteiger partial charge is 0.265 e. The number of fused-ring (bicyclic) bond motifs is 1. The second-order valence-corrected chi connectivity index (χ2v) is 8.89. The molecule has 2 atom stereocenters. The van der Waals surface area contributed by atoms with E-state index in [9.17, 15) is 12.8 Å². The van der Waals surface area contributed by atoms with Gasteiger partial charge in [0.1, 0.15) is 22.9 Å². The van der Waals surface area contributed by atoms with Crippen LogP contribution in [0, 0.1) is 6.92 Å². The Morgan fingerprint density at radius 1 is 1.20 bits per heavy atom. The first-order chi connectivity index (χ1) is 14.4. The number of methoxy groups -OCH3 is 1. The summed E-state index contributed by atoms with van der Waals surface area (Å²) >= 11 is 0. The predicted octanol–water partition coefficient (Wildman–Crippen LogP) is 3.63. The number of benzene rings is 2. The summed E-state index contributed by atoms with van der Waals surface area (Å²) in [4.78, 5) is 0.0296. The third kappa shape index (κ3) is 4.08. The molecule has 4 rings (SSSR count). The summed E-state index contributed by atoms with van der Waals surface area (Å²) in [5.41, 5.74) is 1.51. The highest BCUT2D eigenvalue weighted by Crippen LogP contribution is 2.34. The lowest BCUT2D eigenvalue weighted by Crippen LogP contribution is -2.44. The van der Waals surface area contributed by atoms with Crippen LogP contribution in [-0.2, 0) is 10.0 Å². The van der Waals surface area contributed by atoms with Crippen molar-refractivity contribution in [1.29, 1.82) is 0 Å². The minimum absolute atomic E-state index is 0.0296. The summed E-state index contributed by atoms with van der Waals surface area (Å²) < 4.78 is 59.5. The highest BCUT2D eigenvalue weighted by Gasteiger charge is 2.28. The van der Waals surface area contributed by atoms with Crippen LogP contribution in [0.3, 0.4) is 0 Å². The number of rotatable bonds is 6. The third-order valence-corrected chi connectivity index (χ3v) is 6.41. The first-order valence-electron chi connectivity index (χ1n) is 9.57. The molecule has 30 heavy (non-hydrogen) atoms. The Morgan fingerprint density at radius 3 is 2.80 bits per heavy atom. The lowest BCUT2D eigenvalue weighted by Gasteiger charge is -2.27. The quantitative estimate of drug-likeness (QED) is 0.616. The molecule has 9 heteroatoms. The van der Waals surface area contributed by atoms with Crippen molar-refractivity contribution < 1.29 is 26.7 Å². The molecular formula is C21H23FN2O5S. The molecule has 7 nitrogen and oxygen atoms in total. The molecule has 0 aliphatic carbocycles. The molecule has 1 aliphatic heterocycles. The summed E-state index contributed by atoms with van der Waals surface area (Å²) in [7, 11) is -2.52. The van der Waals surface area contributed by atoms with Gasteiger partial charge < -0.3 is 19.2 Å². The number of aryl methyl sites for hydroxylation is 1. The molecule has 2 aromatic carbocycles. The van der Waals surface area contributed by atoms with Crippen LogP contribution in [0.4, 0.5) is 10.1 Å². The molecule has 1 aromatic heterocycles. The monoisotopic (exact) mass is 434 g/mol. The standard InChI is InChI=1S/C21H23FN2O5S/c1-13-3-4-18(27-2)20(9-13)30(25,26)24-15-10-14-6-8-28-21(14)19(11-15)29-17-5-7-23-12-16(17)22/h3-4,6,8-11,16-17,23-24H,5,7,12H2,1-2H3/t16-,17-/m1/s1. The Balaban J connectivity index is 1.69. The van der Waals surface area contributed by atoms with Gasteiger partial charge >= 0.3 is 0 Å². The van der Waals surface area contributed by atoms with Gasteiger partial charge in [-0.05, 0) is 49.7 Å². The van der Waals surface area contributed by atoms with Gasteiger partial charge in [-0.15, -0.1) is 0 Å². The van der Waals surface area contributed by atoms with Crippen molar-refractivity contribution in [3.63, 3.8) is 0 Å². The number of ether oxygens (including phenoxy) is 2. The van der Waals surface area contributed by atoms with E-state index in [1.54, 1.807) is 31.2 Å². The van der Waals surface area contributed by atoms with Crippen LogP contribution < -0.4 is 19.5 Å². The van der Waals surface area contributed by atoms with Gasteiger partial charge in [-0.1, -0.05) is 6.07 Å². The Labute approximate surface area is 174 Å². The number of hydrogen-bond donors (Lipinski definition) is 2. The van der Waals surface area contributed by atoms with Crippen molar-refractivity contribution in [2.75, 3.05) is 24.9 Å². The minimum atomic E-state index is -3.94. The first-order valence-corrected chi connectivity index (χ1v) is 11.1. The molecule has 0 radical (unpaired) electrons. The molecule has 1 fully saturated rings. The van der Waals surface area contributed by atoms with Crippen LogP contribution in [0.25, 0.3) is 11.0 Å². The highest BCUT2D eigenvalue weighted by molar-refractivity contribution is 7.92. The fourth-order valence-corrected chi connectivity index (χ4v) is 4.79. The van der Waals surface area contributed by atoms with Crippen LogP contribution in [-0.4, -0.2) is 40.9 Å². The Hall–Kier alpha value is -2.78. The van der Waals surface area contributed by atoms with Crippen molar-refractivity contribution in [3.8, 4) is 11.5 Å². The van der Waals surface area contributed by atoms with E-state index in [0.29, 0.717) is 29.7 Å². The van der Waals surface area contributed by atoms with Crippen LogP contribution in [0.5, 0.6) is 11.5 Å². The summed E-state index contributed by atoms with van der Waals surface area (Å²) in [5.74, 6) is 0.532. The molecule has 1 aliphatic rings. The Morgan fingerprint density at radius 2 is 2.03 bits per heavy atom. The number of nitrogens with one attached hydrogen (secondary N) is 2. The number of halogens is 1. The number of alkyl halides is 1.